The lowest BCUT2D eigenvalue weighted by atomic mass is 10.2. The molecule has 102 valence electrons. The Morgan fingerprint density at radius 1 is 1.11 bits per heavy atom. The van der Waals surface area contributed by atoms with Crippen molar-refractivity contribution in [3.8, 4) is 0 Å². The first kappa shape index (κ1) is 16.0. The summed E-state index contributed by atoms with van der Waals surface area (Å²) < 4.78 is 11.4. The molecule has 0 amide bonds. The van der Waals surface area contributed by atoms with Crippen LogP contribution in [0.25, 0.3) is 0 Å². The Morgan fingerprint density at radius 3 is 2.17 bits per heavy atom. The van der Waals surface area contributed by atoms with Gasteiger partial charge in [0.2, 0.25) is 0 Å². The van der Waals surface area contributed by atoms with Crippen LogP contribution in [0.1, 0.15) is 5.56 Å². The van der Waals surface area contributed by atoms with Gasteiger partial charge in [-0.05, 0) is 33.6 Å². The number of hydrogen-bond donors (Lipinski definition) is 0. The van der Waals surface area contributed by atoms with E-state index in [-0.39, 0.29) is 0 Å². The molecule has 0 saturated heterocycles. The Balaban J connectivity index is 2.82. The van der Waals surface area contributed by atoms with Crippen LogP contribution in [-0.2, 0) is 14.8 Å². The number of rotatable bonds is 8. The lowest BCUT2D eigenvalue weighted by Crippen LogP contribution is -2.30. The molecule has 0 saturated carbocycles. The second-order valence-electron chi connectivity index (χ2n) is 3.89. The third kappa shape index (κ3) is 4.88. The molecule has 0 unspecified atom stereocenters. The van der Waals surface area contributed by atoms with Crippen LogP contribution in [0.5, 0.6) is 0 Å². The predicted molar refractivity (Wildman–Crippen MR) is 82.7 cm³/mol. The first-order valence-electron chi connectivity index (χ1n) is 5.80. The summed E-state index contributed by atoms with van der Waals surface area (Å²) in [6.45, 7) is 3.12. The smallest absolute Gasteiger partial charge is 0.0637 e. The quantitative estimate of drug-likeness (QED) is 0.645. The van der Waals surface area contributed by atoms with Crippen molar-refractivity contribution in [2.45, 2.75) is 5.33 Å². The molecule has 1 aromatic carbocycles. The van der Waals surface area contributed by atoms with Crippen LogP contribution < -0.4 is 4.90 Å². The van der Waals surface area contributed by atoms with Gasteiger partial charge in [-0.2, -0.15) is 0 Å². The van der Waals surface area contributed by atoms with E-state index in [1.807, 2.05) is 0 Å². The van der Waals surface area contributed by atoms with Gasteiger partial charge in [-0.15, -0.1) is 0 Å². The summed E-state index contributed by atoms with van der Waals surface area (Å²) in [7, 11) is 3.44. The average molecular weight is 381 g/mol. The number of ether oxygens (including phenoxy) is 2. The molecule has 18 heavy (non-hydrogen) atoms. The maximum absolute atomic E-state index is 5.15. The van der Waals surface area contributed by atoms with Gasteiger partial charge in [0.25, 0.3) is 0 Å². The van der Waals surface area contributed by atoms with E-state index in [0.717, 1.165) is 22.9 Å². The van der Waals surface area contributed by atoms with Gasteiger partial charge in [0.05, 0.1) is 18.9 Å². The molecule has 3 nitrogen and oxygen atoms in total. The standard InChI is InChI=1S/C13H19Br2NO2/c1-17-7-5-16(6-8-18-2)13-4-3-11(10-14)9-12(13)15/h3-4,9H,5-8,10H2,1-2H3. The first-order valence-corrected chi connectivity index (χ1v) is 7.71. The zero-order chi connectivity index (χ0) is 13.4. The van der Waals surface area contributed by atoms with Gasteiger partial charge >= 0.3 is 0 Å². The SMILES string of the molecule is COCCN(CCOC)c1ccc(CBr)cc1Br. The maximum Gasteiger partial charge on any atom is 0.0637 e. The second kappa shape index (κ2) is 8.91. The van der Waals surface area contributed by atoms with Crippen LogP contribution in [-0.4, -0.2) is 40.5 Å². The fourth-order valence-electron chi connectivity index (χ4n) is 1.65. The van der Waals surface area contributed by atoms with Gasteiger partial charge in [-0.25, -0.2) is 0 Å². The zero-order valence-corrected chi connectivity index (χ0v) is 14.0. The van der Waals surface area contributed by atoms with Crippen molar-refractivity contribution in [3.05, 3.63) is 28.2 Å². The molecule has 0 heterocycles. The monoisotopic (exact) mass is 379 g/mol. The molecule has 0 fully saturated rings. The predicted octanol–water partition coefficient (Wildman–Crippen LogP) is 3.44. The fourth-order valence-corrected chi connectivity index (χ4v) is 2.67. The van der Waals surface area contributed by atoms with E-state index in [4.69, 9.17) is 9.47 Å². The van der Waals surface area contributed by atoms with Crippen LogP contribution in [0.3, 0.4) is 0 Å². The number of nitrogens with zero attached hydrogens (tertiary/aromatic N) is 1. The normalized spacial score (nSPS) is 10.7. The highest BCUT2D eigenvalue weighted by atomic mass is 79.9. The minimum atomic E-state index is 0.705. The van der Waals surface area contributed by atoms with Crippen molar-refractivity contribution in [1.82, 2.24) is 0 Å². The van der Waals surface area contributed by atoms with Gasteiger partial charge < -0.3 is 14.4 Å². The summed E-state index contributed by atoms with van der Waals surface area (Å²) in [6, 6.07) is 6.39. The first-order chi connectivity index (χ1) is 8.72. The van der Waals surface area contributed by atoms with Crippen LogP contribution in [0.4, 0.5) is 5.69 Å². The molecule has 1 aromatic rings. The van der Waals surface area contributed by atoms with Crippen molar-refractivity contribution in [2.75, 3.05) is 45.4 Å². The second-order valence-corrected chi connectivity index (χ2v) is 5.31. The van der Waals surface area contributed by atoms with Crippen molar-refractivity contribution >= 4 is 37.5 Å². The van der Waals surface area contributed by atoms with Gasteiger partial charge in [0.15, 0.2) is 0 Å². The van der Waals surface area contributed by atoms with Gasteiger partial charge in [-0.3, -0.25) is 0 Å². The van der Waals surface area contributed by atoms with Crippen LogP contribution >= 0.6 is 31.9 Å². The summed E-state index contributed by atoms with van der Waals surface area (Å²) >= 11 is 7.09. The number of hydrogen-bond acceptors (Lipinski definition) is 3. The summed E-state index contributed by atoms with van der Waals surface area (Å²) in [5, 5.41) is 0.863. The number of alkyl halides is 1. The highest BCUT2D eigenvalue weighted by Crippen LogP contribution is 2.28. The third-order valence-electron chi connectivity index (χ3n) is 2.64. The topological polar surface area (TPSA) is 21.7 Å². The van der Waals surface area contributed by atoms with Gasteiger partial charge in [0.1, 0.15) is 0 Å². The minimum Gasteiger partial charge on any atom is -0.383 e. The molecular formula is C13H19Br2NO2. The molecular weight excluding hydrogens is 362 g/mol. The summed E-state index contributed by atoms with van der Waals surface area (Å²) in [5.41, 5.74) is 2.43. The Hall–Kier alpha value is -0.100. The fraction of sp³-hybridized carbons (Fsp3) is 0.538. The molecule has 0 radical (unpaired) electrons. The Labute approximate surface area is 126 Å². The Morgan fingerprint density at radius 2 is 1.72 bits per heavy atom. The van der Waals surface area contributed by atoms with Crippen molar-refractivity contribution in [3.63, 3.8) is 0 Å². The molecule has 0 aliphatic rings. The van der Waals surface area contributed by atoms with Gasteiger partial charge in [0, 0.05) is 37.1 Å². The number of halogens is 2. The summed E-state index contributed by atoms with van der Waals surface area (Å²) in [6.07, 6.45) is 0. The molecule has 0 aromatic heterocycles. The Kier molecular flexibility index (Phi) is 7.90. The summed E-state index contributed by atoms with van der Waals surface area (Å²) in [5.74, 6) is 0. The number of benzene rings is 1. The van der Waals surface area contributed by atoms with E-state index < -0.39 is 0 Å². The van der Waals surface area contributed by atoms with E-state index in [1.54, 1.807) is 14.2 Å². The molecule has 0 atom stereocenters. The van der Waals surface area contributed by atoms with Crippen molar-refractivity contribution in [1.29, 1.82) is 0 Å². The van der Waals surface area contributed by atoms with Crippen LogP contribution in [0, 0.1) is 0 Å². The number of methoxy groups -OCH3 is 2. The molecule has 5 heteroatoms. The molecule has 0 aliphatic heterocycles. The molecule has 0 N–H and O–H groups in total. The van der Waals surface area contributed by atoms with E-state index in [9.17, 15) is 0 Å². The van der Waals surface area contributed by atoms with E-state index in [2.05, 4.69) is 55.0 Å². The highest BCUT2D eigenvalue weighted by Gasteiger charge is 2.10. The highest BCUT2D eigenvalue weighted by molar-refractivity contribution is 9.10. The lowest BCUT2D eigenvalue weighted by Gasteiger charge is -2.25. The van der Waals surface area contributed by atoms with Crippen LogP contribution in [0.2, 0.25) is 0 Å². The molecule has 1 rings (SSSR count). The van der Waals surface area contributed by atoms with Crippen molar-refractivity contribution < 1.29 is 9.47 Å². The lowest BCUT2D eigenvalue weighted by molar-refractivity contribution is 0.190. The number of anilines is 1. The third-order valence-corrected chi connectivity index (χ3v) is 3.92. The molecule has 0 bridgehead atoms. The van der Waals surface area contributed by atoms with Crippen molar-refractivity contribution in [2.24, 2.45) is 0 Å². The van der Waals surface area contributed by atoms with E-state index in [0.29, 0.717) is 13.2 Å². The molecule has 0 spiro atoms. The minimum absolute atomic E-state index is 0.705. The van der Waals surface area contributed by atoms with Crippen LogP contribution in [0.15, 0.2) is 22.7 Å². The van der Waals surface area contributed by atoms with E-state index >= 15 is 0 Å². The summed E-state index contributed by atoms with van der Waals surface area (Å²) in [4.78, 5) is 2.26. The molecule has 0 aliphatic carbocycles. The van der Waals surface area contributed by atoms with E-state index in [1.165, 1.54) is 11.3 Å². The maximum atomic E-state index is 5.15. The largest absolute Gasteiger partial charge is 0.383 e. The average Bonchev–Trinajstić information content (AvgIpc) is 2.39. The zero-order valence-electron chi connectivity index (χ0n) is 10.8. The van der Waals surface area contributed by atoms with Gasteiger partial charge in [-0.1, -0.05) is 22.0 Å². The Bertz CT molecular complexity index is 353.